The van der Waals surface area contributed by atoms with Crippen molar-refractivity contribution in [3.8, 4) is 5.69 Å². The number of carbonyl (C=O) groups is 1. The SMILES string of the molecule is Cc1ccc(-n2cnc(C(=O)N3CCCCC3)n2)cc1. The summed E-state index contributed by atoms with van der Waals surface area (Å²) in [6.45, 7) is 3.67. The molecule has 1 fully saturated rings. The molecular weight excluding hydrogens is 252 g/mol. The Kier molecular flexibility index (Phi) is 3.50. The molecule has 1 saturated heterocycles. The molecule has 1 amide bonds. The van der Waals surface area contributed by atoms with Crippen molar-refractivity contribution < 1.29 is 4.79 Å². The summed E-state index contributed by atoms with van der Waals surface area (Å²) < 4.78 is 1.65. The van der Waals surface area contributed by atoms with Crippen LogP contribution in [0.4, 0.5) is 0 Å². The van der Waals surface area contributed by atoms with Crippen molar-refractivity contribution in [2.75, 3.05) is 13.1 Å². The molecule has 0 unspecified atom stereocenters. The summed E-state index contributed by atoms with van der Waals surface area (Å²) in [5.41, 5.74) is 2.11. The molecule has 2 heterocycles. The molecule has 1 aliphatic rings. The van der Waals surface area contributed by atoms with Gasteiger partial charge in [-0.15, -0.1) is 5.10 Å². The van der Waals surface area contributed by atoms with Crippen LogP contribution in [0.25, 0.3) is 5.69 Å². The molecule has 0 bridgehead atoms. The fraction of sp³-hybridized carbons (Fsp3) is 0.400. The Morgan fingerprint density at radius 3 is 2.50 bits per heavy atom. The second-order valence-electron chi connectivity index (χ2n) is 5.20. The first-order chi connectivity index (χ1) is 9.74. The minimum absolute atomic E-state index is 0.0597. The third kappa shape index (κ3) is 2.57. The molecule has 2 aromatic rings. The van der Waals surface area contributed by atoms with E-state index in [0.717, 1.165) is 31.6 Å². The van der Waals surface area contributed by atoms with Gasteiger partial charge in [0.25, 0.3) is 5.91 Å². The fourth-order valence-electron chi connectivity index (χ4n) is 2.42. The molecule has 0 atom stereocenters. The van der Waals surface area contributed by atoms with E-state index in [1.807, 2.05) is 36.1 Å². The van der Waals surface area contributed by atoms with Gasteiger partial charge < -0.3 is 4.90 Å². The predicted octanol–water partition coefficient (Wildman–Crippen LogP) is 2.20. The van der Waals surface area contributed by atoms with Crippen LogP contribution >= 0.6 is 0 Å². The van der Waals surface area contributed by atoms with E-state index < -0.39 is 0 Å². The monoisotopic (exact) mass is 270 g/mol. The second kappa shape index (κ2) is 5.45. The predicted molar refractivity (Wildman–Crippen MR) is 75.9 cm³/mol. The highest BCUT2D eigenvalue weighted by atomic mass is 16.2. The molecule has 0 aliphatic carbocycles. The van der Waals surface area contributed by atoms with Crippen molar-refractivity contribution in [1.29, 1.82) is 0 Å². The van der Waals surface area contributed by atoms with E-state index in [0.29, 0.717) is 0 Å². The van der Waals surface area contributed by atoms with Crippen LogP contribution in [0.15, 0.2) is 30.6 Å². The number of amides is 1. The van der Waals surface area contributed by atoms with Crippen LogP contribution in [0.1, 0.15) is 35.4 Å². The van der Waals surface area contributed by atoms with Crippen LogP contribution in [0, 0.1) is 6.92 Å². The minimum Gasteiger partial charge on any atom is -0.336 e. The van der Waals surface area contributed by atoms with Gasteiger partial charge in [-0.1, -0.05) is 17.7 Å². The molecule has 5 nitrogen and oxygen atoms in total. The zero-order valence-electron chi connectivity index (χ0n) is 11.6. The van der Waals surface area contributed by atoms with Crippen LogP contribution in [0.3, 0.4) is 0 Å². The van der Waals surface area contributed by atoms with Gasteiger partial charge in [0.15, 0.2) is 0 Å². The molecule has 104 valence electrons. The number of carbonyl (C=O) groups excluding carboxylic acids is 1. The summed E-state index contributed by atoms with van der Waals surface area (Å²) in [7, 11) is 0. The zero-order valence-corrected chi connectivity index (χ0v) is 11.6. The van der Waals surface area contributed by atoms with Crippen LogP contribution in [0.5, 0.6) is 0 Å². The normalized spacial score (nSPS) is 15.3. The van der Waals surface area contributed by atoms with E-state index in [4.69, 9.17) is 0 Å². The molecule has 0 saturated carbocycles. The summed E-state index contributed by atoms with van der Waals surface area (Å²) in [5, 5.41) is 4.30. The molecule has 0 spiro atoms. The minimum atomic E-state index is -0.0597. The standard InChI is InChI=1S/C15H18N4O/c1-12-5-7-13(8-6-12)19-11-16-14(17-19)15(20)18-9-3-2-4-10-18/h5-8,11H,2-4,9-10H2,1H3. The van der Waals surface area contributed by atoms with Crippen molar-refractivity contribution >= 4 is 5.91 Å². The smallest absolute Gasteiger partial charge is 0.293 e. The third-order valence-electron chi connectivity index (χ3n) is 3.62. The van der Waals surface area contributed by atoms with E-state index in [9.17, 15) is 4.79 Å². The molecule has 0 N–H and O–H groups in total. The number of likely N-dealkylation sites (tertiary alicyclic amines) is 1. The van der Waals surface area contributed by atoms with E-state index in [2.05, 4.69) is 10.1 Å². The highest BCUT2D eigenvalue weighted by Gasteiger charge is 2.21. The van der Waals surface area contributed by atoms with Crippen LogP contribution in [0.2, 0.25) is 0 Å². The summed E-state index contributed by atoms with van der Waals surface area (Å²) in [4.78, 5) is 18.3. The number of benzene rings is 1. The van der Waals surface area contributed by atoms with Crippen molar-refractivity contribution in [2.45, 2.75) is 26.2 Å². The lowest BCUT2D eigenvalue weighted by molar-refractivity contribution is 0.0712. The van der Waals surface area contributed by atoms with Crippen molar-refractivity contribution in [3.05, 3.63) is 42.0 Å². The number of hydrogen-bond donors (Lipinski definition) is 0. The first-order valence-corrected chi connectivity index (χ1v) is 7.02. The van der Waals surface area contributed by atoms with Crippen molar-refractivity contribution in [1.82, 2.24) is 19.7 Å². The number of aryl methyl sites for hydroxylation is 1. The van der Waals surface area contributed by atoms with Gasteiger partial charge in [-0.2, -0.15) is 0 Å². The molecule has 0 radical (unpaired) electrons. The molecular formula is C15H18N4O. The molecule has 3 rings (SSSR count). The van der Waals surface area contributed by atoms with Crippen molar-refractivity contribution in [3.63, 3.8) is 0 Å². The van der Waals surface area contributed by atoms with E-state index in [1.165, 1.54) is 12.0 Å². The van der Waals surface area contributed by atoms with Crippen LogP contribution < -0.4 is 0 Å². The quantitative estimate of drug-likeness (QED) is 0.840. The van der Waals surface area contributed by atoms with Gasteiger partial charge in [-0.3, -0.25) is 4.79 Å². The molecule has 1 aromatic heterocycles. The maximum absolute atomic E-state index is 12.3. The summed E-state index contributed by atoms with van der Waals surface area (Å²) in [6.07, 6.45) is 4.95. The molecule has 5 heteroatoms. The van der Waals surface area contributed by atoms with Gasteiger partial charge >= 0.3 is 0 Å². The number of aromatic nitrogens is 3. The maximum atomic E-state index is 12.3. The summed E-state index contributed by atoms with van der Waals surface area (Å²) in [5.74, 6) is 0.225. The summed E-state index contributed by atoms with van der Waals surface area (Å²) >= 11 is 0. The third-order valence-corrected chi connectivity index (χ3v) is 3.62. The first kappa shape index (κ1) is 12.8. The topological polar surface area (TPSA) is 51.0 Å². The Labute approximate surface area is 118 Å². The lowest BCUT2D eigenvalue weighted by atomic mass is 10.1. The first-order valence-electron chi connectivity index (χ1n) is 7.02. The number of hydrogen-bond acceptors (Lipinski definition) is 3. The second-order valence-corrected chi connectivity index (χ2v) is 5.20. The lowest BCUT2D eigenvalue weighted by Crippen LogP contribution is -2.36. The maximum Gasteiger partial charge on any atom is 0.293 e. The Hall–Kier alpha value is -2.17. The van der Waals surface area contributed by atoms with Gasteiger partial charge in [0.05, 0.1) is 5.69 Å². The van der Waals surface area contributed by atoms with Gasteiger partial charge in [0, 0.05) is 13.1 Å². The Morgan fingerprint density at radius 1 is 1.10 bits per heavy atom. The highest BCUT2D eigenvalue weighted by molar-refractivity contribution is 5.90. The number of nitrogens with zero attached hydrogens (tertiary/aromatic N) is 4. The fourth-order valence-corrected chi connectivity index (χ4v) is 2.42. The average Bonchev–Trinajstić information content (AvgIpc) is 2.98. The van der Waals surface area contributed by atoms with Gasteiger partial charge in [0.1, 0.15) is 6.33 Å². The highest BCUT2D eigenvalue weighted by Crippen LogP contribution is 2.12. The van der Waals surface area contributed by atoms with Gasteiger partial charge in [-0.05, 0) is 38.3 Å². The Morgan fingerprint density at radius 2 is 1.80 bits per heavy atom. The Balaban J connectivity index is 1.79. The number of rotatable bonds is 2. The van der Waals surface area contributed by atoms with E-state index in [1.54, 1.807) is 11.0 Å². The van der Waals surface area contributed by atoms with Gasteiger partial charge in [-0.25, -0.2) is 9.67 Å². The van der Waals surface area contributed by atoms with Crippen LogP contribution in [-0.2, 0) is 0 Å². The summed E-state index contributed by atoms with van der Waals surface area (Å²) in [6, 6.07) is 7.98. The largest absolute Gasteiger partial charge is 0.336 e. The molecule has 1 aromatic carbocycles. The Bertz CT molecular complexity index is 597. The lowest BCUT2D eigenvalue weighted by Gasteiger charge is -2.25. The zero-order chi connectivity index (χ0) is 13.9. The van der Waals surface area contributed by atoms with E-state index >= 15 is 0 Å². The molecule has 20 heavy (non-hydrogen) atoms. The van der Waals surface area contributed by atoms with Crippen molar-refractivity contribution in [2.24, 2.45) is 0 Å². The molecule has 1 aliphatic heterocycles. The average molecular weight is 270 g/mol. The number of piperidine rings is 1. The van der Waals surface area contributed by atoms with Crippen LogP contribution in [-0.4, -0.2) is 38.7 Å². The van der Waals surface area contributed by atoms with Gasteiger partial charge in [0.2, 0.25) is 5.82 Å². The van der Waals surface area contributed by atoms with E-state index in [-0.39, 0.29) is 11.7 Å².